The number of fused-ring (bicyclic) bond motifs is 1. The van der Waals surface area contributed by atoms with Crippen molar-refractivity contribution < 1.29 is 30.4 Å². The molecule has 1 aliphatic heterocycles. The molecule has 146 valence electrons. The Morgan fingerprint density at radius 1 is 1.15 bits per heavy atom. The molecule has 4 rings (SSSR count). The maximum atomic E-state index is 13.8. The molecule has 2 heterocycles. The van der Waals surface area contributed by atoms with Gasteiger partial charge in [-0.25, -0.2) is 17.2 Å². The fraction of sp³-hybridized carbons (Fsp3) is 0.438. The first-order valence-corrected chi connectivity index (χ1v) is 9.59. The van der Waals surface area contributed by atoms with Crippen molar-refractivity contribution in [3.05, 3.63) is 47.3 Å². The summed E-state index contributed by atoms with van der Waals surface area (Å²) in [5, 5.41) is 6.31. The number of hydrogen-bond donors (Lipinski definition) is 1. The number of benzene rings is 1. The number of halogens is 5. The molecule has 1 saturated carbocycles. The van der Waals surface area contributed by atoms with Gasteiger partial charge in [0.2, 0.25) is 10.0 Å². The molecule has 27 heavy (non-hydrogen) atoms. The monoisotopic (exact) mass is 407 g/mol. The SMILES string of the molecule is O=S(=O)(c1ccc(C(F)(F)F)cc1)N1C(C(F)F)c2n[nH]cc2C1C1CC1. The Hall–Kier alpha value is -2.01. The third-order valence-corrected chi connectivity index (χ3v) is 6.79. The number of hydrogen-bond acceptors (Lipinski definition) is 3. The fourth-order valence-electron chi connectivity index (χ4n) is 3.55. The topological polar surface area (TPSA) is 66.1 Å². The molecular formula is C16H14F5N3O2S. The highest BCUT2D eigenvalue weighted by atomic mass is 32.2. The van der Waals surface area contributed by atoms with Crippen LogP contribution in [0.4, 0.5) is 22.0 Å². The van der Waals surface area contributed by atoms with Crippen molar-refractivity contribution in [2.75, 3.05) is 0 Å². The Labute approximate surface area is 151 Å². The Morgan fingerprint density at radius 3 is 2.30 bits per heavy atom. The van der Waals surface area contributed by atoms with Gasteiger partial charge in [-0.05, 0) is 43.0 Å². The van der Waals surface area contributed by atoms with Crippen LogP contribution in [0.3, 0.4) is 0 Å². The van der Waals surface area contributed by atoms with Crippen LogP contribution in [-0.4, -0.2) is 29.3 Å². The van der Waals surface area contributed by atoms with E-state index in [4.69, 9.17) is 0 Å². The zero-order chi connectivity index (χ0) is 19.6. The van der Waals surface area contributed by atoms with Crippen molar-refractivity contribution in [2.45, 2.75) is 42.4 Å². The van der Waals surface area contributed by atoms with E-state index in [0.717, 1.165) is 16.4 Å². The van der Waals surface area contributed by atoms with Crippen molar-refractivity contribution in [2.24, 2.45) is 5.92 Å². The van der Waals surface area contributed by atoms with E-state index in [0.29, 0.717) is 30.5 Å². The Bertz CT molecular complexity index is 927. The van der Waals surface area contributed by atoms with Crippen LogP contribution in [0.2, 0.25) is 0 Å². The van der Waals surface area contributed by atoms with Crippen LogP contribution in [-0.2, 0) is 16.2 Å². The molecule has 1 aromatic heterocycles. The van der Waals surface area contributed by atoms with Crippen molar-refractivity contribution in [3.8, 4) is 0 Å². The van der Waals surface area contributed by atoms with Gasteiger partial charge in [-0.3, -0.25) is 5.10 Å². The van der Waals surface area contributed by atoms with Gasteiger partial charge in [0.15, 0.2) is 0 Å². The molecule has 0 amide bonds. The lowest BCUT2D eigenvalue weighted by Crippen LogP contribution is -2.37. The number of nitrogens with one attached hydrogen (secondary N) is 1. The lowest BCUT2D eigenvalue weighted by Gasteiger charge is -2.29. The minimum Gasteiger partial charge on any atom is -0.285 e. The predicted molar refractivity (Wildman–Crippen MR) is 83.3 cm³/mol. The standard InChI is InChI=1S/C16H14F5N3O2S/c17-15(18)14-12-11(7-22-23-12)13(8-1-2-8)24(14)27(25,26)10-5-3-9(4-6-10)16(19,20)21/h3-8,13-15H,1-2H2,(H,22,23). The number of H-pyrrole nitrogens is 1. The van der Waals surface area contributed by atoms with E-state index >= 15 is 0 Å². The van der Waals surface area contributed by atoms with Crippen molar-refractivity contribution in [3.63, 3.8) is 0 Å². The second-order valence-electron chi connectivity index (χ2n) is 6.64. The first kappa shape index (κ1) is 18.4. The number of nitrogens with zero attached hydrogens (tertiary/aromatic N) is 2. The van der Waals surface area contributed by atoms with E-state index in [9.17, 15) is 30.4 Å². The Morgan fingerprint density at radius 2 is 1.78 bits per heavy atom. The average molecular weight is 407 g/mol. The molecule has 1 aliphatic carbocycles. The highest BCUT2D eigenvalue weighted by molar-refractivity contribution is 7.89. The second-order valence-corrected chi connectivity index (χ2v) is 8.49. The van der Waals surface area contributed by atoms with Crippen LogP contribution in [0.5, 0.6) is 0 Å². The molecule has 0 spiro atoms. The van der Waals surface area contributed by atoms with Gasteiger partial charge in [-0.15, -0.1) is 0 Å². The van der Waals surface area contributed by atoms with Gasteiger partial charge in [0.25, 0.3) is 6.43 Å². The van der Waals surface area contributed by atoms with Crippen LogP contribution in [0.1, 0.15) is 41.7 Å². The highest BCUT2D eigenvalue weighted by Crippen LogP contribution is 2.56. The van der Waals surface area contributed by atoms with E-state index in [1.165, 1.54) is 6.20 Å². The normalized spacial score (nSPS) is 23.8. The molecule has 2 aliphatic rings. The molecule has 0 saturated heterocycles. The molecule has 0 radical (unpaired) electrons. The summed E-state index contributed by atoms with van der Waals surface area (Å²) < 4.78 is 92.6. The maximum Gasteiger partial charge on any atom is 0.416 e. The predicted octanol–water partition coefficient (Wildman–Crippen LogP) is 3.89. The third kappa shape index (κ3) is 2.92. The van der Waals surface area contributed by atoms with Crippen LogP contribution in [0.15, 0.2) is 35.4 Å². The molecule has 11 heteroatoms. The number of sulfonamides is 1. The molecule has 2 atom stereocenters. The van der Waals surface area contributed by atoms with E-state index in [2.05, 4.69) is 10.2 Å². The lowest BCUT2D eigenvalue weighted by atomic mass is 10.1. The quantitative estimate of drug-likeness (QED) is 0.782. The molecule has 1 N–H and O–H groups in total. The van der Waals surface area contributed by atoms with Crippen molar-refractivity contribution >= 4 is 10.0 Å². The number of aromatic amines is 1. The fourth-order valence-corrected chi connectivity index (χ4v) is 5.35. The van der Waals surface area contributed by atoms with Gasteiger partial charge in [0, 0.05) is 11.8 Å². The summed E-state index contributed by atoms with van der Waals surface area (Å²) in [4.78, 5) is -0.457. The average Bonchev–Trinajstić information content (AvgIpc) is 3.20. The van der Waals surface area contributed by atoms with Gasteiger partial charge in [-0.2, -0.15) is 22.6 Å². The molecule has 0 bridgehead atoms. The van der Waals surface area contributed by atoms with E-state index in [1.54, 1.807) is 0 Å². The van der Waals surface area contributed by atoms with Gasteiger partial charge >= 0.3 is 6.18 Å². The summed E-state index contributed by atoms with van der Waals surface area (Å²) in [5.74, 6) is -0.116. The minimum absolute atomic E-state index is 0.0302. The molecular weight excluding hydrogens is 393 g/mol. The van der Waals surface area contributed by atoms with E-state index in [-0.39, 0.29) is 11.6 Å². The first-order valence-electron chi connectivity index (χ1n) is 8.15. The number of alkyl halides is 5. The highest BCUT2D eigenvalue weighted by Gasteiger charge is 2.55. The Kier molecular flexibility index (Phi) is 4.08. The summed E-state index contributed by atoms with van der Waals surface area (Å²) in [6.45, 7) is 0. The van der Waals surface area contributed by atoms with Crippen LogP contribution < -0.4 is 0 Å². The van der Waals surface area contributed by atoms with Crippen LogP contribution >= 0.6 is 0 Å². The van der Waals surface area contributed by atoms with Crippen LogP contribution in [0, 0.1) is 5.92 Å². The molecule has 1 fully saturated rings. The van der Waals surface area contributed by atoms with Gasteiger partial charge in [-0.1, -0.05) is 0 Å². The smallest absolute Gasteiger partial charge is 0.285 e. The van der Waals surface area contributed by atoms with Gasteiger partial charge in [0.1, 0.15) is 6.04 Å². The summed E-state index contributed by atoms with van der Waals surface area (Å²) in [7, 11) is -4.45. The number of aromatic nitrogens is 2. The maximum absolute atomic E-state index is 13.8. The van der Waals surface area contributed by atoms with E-state index < -0.39 is 45.2 Å². The van der Waals surface area contributed by atoms with Gasteiger partial charge in [0.05, 0.1) is 22.2 Å². The molecule has 1 aromatic carbocycles. The van der Waals surface area contributed by atoms with Crippen molar-refractivity contribution in [1.82, 2.24) is 14.5 Å². The Balaban J connectivity index is 1.78. The third-order valence-electron chi connectivity index (χ3n) is 4.91. The van der Waals surface area contributed by atoms with Crippen LogP contribution in [0.25, 0.3) is 0 Å². The van der Waals surface area contributed by atoms with Crippen molar-refractivity contribution in [1.29, 1.82) is 0 Å². The van der Waals surface area contributed by atoms with Gasteiger partial charge < -0.3 is 0 Å². The van der Waals surface area contributed by atoms with E-state index in [1.807, 2.05) is 0 Å². The first-order chi connectivity index (χ1) is 12.6. The summed E-state index contributed by atoms with van der Waals surface area (Å²) >= 11 is 0. The molecule has 2 aromatic rings. The number of rotatable bonds is 4. The lowest BCUT2D eigenvalue weighted by molar-refractivity contribution is -0.137. The zero-order valence-electron chi connectivity index (χ0n) is 13.6. The largest absolute Gasteiger partial charge is 0.416 e. The summed E-state index contributed by atoms with van der Waals surface area (Å²) in [6, 6.07) is 0.284. The molecule has 5 nitrogen and oxygen atoms in total. The minimum atomic E-state index is -4.62. The summed E-state index contributed by atoms with van der Waals surface area (Å²) in [5.41, 5.74) is -0.643. The molecule has 2 unspecified atom stereocenters. The summed E-state index contributed by atoms with van der Waals surface area (Å²) in [6.07, 6.45) is -4.87. The zero-order valence-corrected chi connectivity index (χ0v) is 14.4. The second kappa shape index (κ2) is 5.99.